The number of carbonyl (C=O) groups excluding carboxylic acids is 1. The number of hydrogen-bond donors (Lipinski definition) is 2. The molecule has 1 saturated carbocycles. The molecule has 2 fully saturated rings. The number of carbonyl (C=O) groups is 1. The van der Waals surface area contributed by atoms with Crippen LogP contribution in [0.1, 0.15) is 32.1 Å². The fourth-order valence-electron chi connectivity index (χ4n) is 1.84. The van der Waals surface area contributed by atoms with E-state index in [2.05, 4.69) is 10.6 Å². The molecule has 3 nitrogen and oxygen atoms in total. The van der Waals surface area contributed by atoms with E-state index in [1.807, 2.05) is 0 Å². The Bertz CT molecular complexity index is 183. The Morgan fingerprint density at radius 1 is 1.38 bits per heavy atom. The summed E-state index contributed by atoms with van der Waals surface area (Å²) in [6.45, 7) is 1.88. The highest BCUT2D eigenvalue weighted by Gasteiger charge is 2.23. The Balaban J connectivity index is 1.59. The molecule has 1 saturated heterocycles. The fourth-order valence-corrected chi connectivity index (χ4v) is 1.84. The summed E-state index contributed by atoms with van der Waals surface area (Å²) in [5, 5.41) is 6.19. The van der Waals surface area contributed by atoms with Crippen LogP contribution in [0.2, 0.25) is 0 Å². The van der Waals surface area contributed by atoms with Crippen molar-refractivity contribution in [2.45, 2.75) is 38.1 Å². The monoisotopic (exact) mass is 182 g/mol. The third-order valence-electron chi connectivity index (χ3n) is 2.93. The highest BCUT2D eigenvalue weighted by atomic mass is 16.2. The van der Waals surface area contributed by atoms with E-state index in [1.165, 1.54) is 19.3 Å². The zero-order valence-electron chi connectivity index (χ0n) is 8.01. The molecule has 2 N–H and O–H groups in total. The van der Waals surface area contributed by atoms with Gasteiger partial charge >= 0.3 is 0 Å². The maximum absolute atomic E-state index is 11.5. The lowest BCUT2D eigenvalue weighted by Crippen LogP contribution is -2.40. The first-order valence-electron chi connectivity index (χ1n) is 5.37. The molecular weight excluding hydrogens is 164 g/mol. The molecular formula is C10H18N2O. The zero-order valence-corrected chi connectivity index (χ0v) is 8.01. The van der Waals surface area contributed by atoms with Crippen LogP contribution < -0.4 is 10.6 Å². The van der Waals surface area contributed by atoms with Crippen molar-refractivity contribution in [2.75, 3.05) is 13.1 Å². The maximum Gasteiger partial charge on any atom is 0.237 e. The van der Waals surface area contributed by atoms with Crippen LogP contribution in [0.3, 0.4) is 0 Å². The number of rotatable bonds is 4. The van der Waals surface area contributed by atoms with Gasteiger partial charge in [0.25, 0.3) is 0 Å². The summed E-state index contributed by atoms with van der Waals surface area (Å²) in [6, 6.07) is 0.0965. The van der Waals surface area contributed by atoms with Crippen LogP contribution in [0.5, 0.6) is 0 Å². The minimum atomic E-state index is 0.0965. The predicted octanol–water partition coefficient (Wildman–Crippen LogP) is 0.655. The molecule has 2 aliphatic rings. The van der Waals surface area contributed by atoms with E-state index in [9.17, 15) is 4.79 Å². The molecule has 0 aromatic carbocycles. The lowest BCUT2D eigenvalue weighted by atomic mass is 10.2. The molecule has 1 atom stereocenters. The van der Waals surface area contributed by atoms with Gasteiger partial charge in [0.05, 0.1) is 6.04 Å². The van der Waals surface area contributed by atoms with Crippen molar-refractivity contribution >= 4 is 5.91 Å². The maximum atomic E-state index is 11.5. The van der Waals surface area contributed by atoms with Crippen molar-refractivity contribution in [3.63, 3.8) is 0 Å². The van der Waals surface area contributed by atoms with Gasteiger partial charge in [0, 0.05) is 6.54 Å². The molecule has 1 aliphatic carbocycles. The van der Waals surface area contributed by atoms with Gasteiger partial charge in [-0.3, -0.25) is 4.79 Å². The van der Waals surface area contributed by atoms with E-state index >= 15 is 0 Å². The van der Waals surface area contributed by atoms with Crippen molar-refractivity contribution < 1.29 is 4.79 Å². The molecule has 13 heavy (non-hydrogen) atoms. The summed E-state index contributed by atoms with van der Waals surface area (Å²) in [5.74, 6) is 1.12. The summed E-state index contributed by atoms with van der Waals surface area (Å²) in [5.41, 5.74) is 0. The highest BCUT2D eigenvalue weighted by Crippen LogP contribution is 2.31. The van der Waals surface area contributed by atoms with Crippen LogP contribution in [0.25, 0.3) is 0 Å². The summed E-state index contributed by atoms with van der Waals surface area (Å²) in [7, 11) is 0. The third kappa shape index (κ3) is 2.69. The lowest BCUT2D eigenvalue weighted by molar-refractivity contribution is -0.122. The van der Waals surface area contributed by atoms with E-state index < -0.39 is 0 Å². The summed E-state index contributed by atoms with van der Waals surface area (Å²) in [4.78, 5) is 11.5. The van der Waals surface area contributed by atoms with E-state index in [-0.39, 0.29) is 11.9 Å². The van der Waals surface area contributed by atoms with Crippen molar-refractivity contribution in [3.8, 4) is 0 Å². The number of amides is 1. The van der Waals surface area contributed by atoms with E-state index in [0.717, 1.165) is 31.8 Å². The molecule has 0 unspecified atom stereocenters. The molecule has 74 valence electrons. The molecule has 1 aliphatic heterocycles. The number of nitrogens with one attached hydrogen (secondary N) is 2. The van der Waals surface area contributed by atoms with Gasteiger partial charge in [0.2, 0.25) is 5.91 Å². The first-order chi connectivity index (χ1) is 6.36. The minimum absolute atomic E-state index is 0.0965. The van der Waals surface area contributed by atoms with E-state index in [1.54, 1.807) is 0 Å². The largest absolute Gasteiger partial charge is 0.355 e. The van der Waals surface area contributed by atoms with Crippen molar-refractivity contribution in [1.29, 1.82) is 0 Å². The van der Waals surface area contributed by atoms with Gasteiger partial charge in [-0.15, -0.1) is 0 Å². The fraction of sp³-hybridized carbons (Fsp3) is 0.900. The topological polar surface area (TPSA) is 41.1 Å². The van der Waals surface area contributed by atoms with Crippen LogP contribution in [-0.2, 0) is 4.79 Å². The molecule has 2 rings (SSSR count). The average molecular weight is 182 g/mol. The second-order valence-electron chi connectivity index (χ2n) is 4.17. The molecule has 0 aromatic rings. The van der Waals surface area contributed by atoms with Crippen LogP contribution in [0.4, 0.5) is 0 Å². The van der Waals surface area contributed by atoms with Gasteiger partial charge in [-0.05, 0) is 31.7 Å². The Morgan fingerprint density at radius 2 is 2.23 bits per heavy atom. The lowest BCUT2D eigenvalue weighted by Gasteiger charge is -2.10. The predicted molar refractivity (Wildman–Crippen MR) is 51.4 cm³/mol. The van der Waals surface area contributed by atoms with Crippen LogP contribution in [-0.4, -0.2) is 25.0 Å². The average Bonchev–Trinajstić information content (AvgIpc) is 2.80. The SMILES string of the molecule is O=C(NCCC1CC1)[C@H]1CCCN1. The Labute approximate surface area is 79.3 Å². The molecule has 0 bridgehead atoms. The van der Waals surface area contributed by atoms with E-state index in [4.69, 9.17) is 0 Å². The molecule has 1 amide bonds. The zero-order chi connectivity index (χ0) is 9.10. The Morgan fingerprint density at radius 3 is 2.85 bits per heavy atom. The summed E-state index contributed by atoms with van der Waals surface area (Å²) in [6.07, 6.45) is 6.07. The Kier molecular flexibility index (Phi) is 2.83. The first kappa shape index (κ1) is 9.00. The van der Waals surface area contributed by atoms with Gasteiger partial charge in [-0.1, -0.05) is 12.8 Å². The highest BCUT2D eigenvalue weighted by molar-refractivity contribution is 5.81. The van der Waals surface area contributed by atoms with Crippen molar-refractivity contribution in [2.24, 2.45) is 5.92 Å². The molecule has 1 heterocycles. The van der Waals surface area contributed by atoms with Crippen LogP contribution in [0.15, 0.2) is 0 Å². The smallest absolute Gasteiger partial charge is 0.237 e. The molecule has 0 spiro atoms. The second-order valence-corrected chi connectivity index (χ2v) is 4.17. The van der Waals surface area contributed by atoms with E-state index in [0.29, 0.717) is 0 Å². The third-order valence-corrected chi connectivity index (χ3v) is 2.93. The summed E-state index contributed by atoms with van der Waals surface area (Å²) >= 11 is 0. The summed E-state index contributed by atoms with van der Waals surface area (Å²) < 4.78 is 0. The Hall–Kier alpha value is -0.570. The van der Waals surface area contributed by atoms with Crippen molar-refractivity contribution in [3.05, 3.63) is 0 Å². The normalized spacial score (nSPS) is 27.5. The standard InChI is InChI=1S/C10H18N2O/c13-10(9-2-1-6-11-9)12-7-5-8-3-4-8/h8-9,11H,1-7H2,(H,12,13)/t9-/m1/s1. The molecule has 0 aromatic heterocycles. The molecule has 0 radical (unpaired) electrons. The van der Waals surface area contributed by atoms with Crippen LogP contribution in [0, 0.1) is 5.92 Å². The van der Waals surface area contributed by atoms with Gasteiger partial charge < -0.3 is 10.6 Å². The minimum Gasteiger partial charge on any atom is -0.355 e. The van der Waals surface area contributed by atoms with Gasteiger partial charge in [-0.2, -0.15) is 0 Å². The number of hydrogen-bond acceptors (Lipinski definition) is 2. The van der Waals surface area contributed by atoms with Gasteiger partial charge in [0.1, 0.15) is 0 Å². The van der Waals surface area contributed by atoms with Gasteiger partial charge in [0.15, 0.2) is 0 Å². The van der Waals surface area contributed by atoms with Crippen molar-refractivity contribution in [1.82, 2.24) is 10.6 Å². The molecule has 3 heteroatoms. The van der Waals surface area contributed by atoms with Gasteiger partial charge in [-0.25, -0.2) is 0 Å². The first-order valence-corrected chi connectivity index (χ1v) is 5.37. The second kappa shape index (κ2) is 4.09. The van der Waals surface area contributed by atoms with Crippen LogP contribution >= 0.6 is 0 Å². The quantitative estimate of drug-likeness (QED) is 0.670.